The summed E-state index contributed by atoms with van der Waals surface area (Å²) >= 11 is 0. The van der Waals surface area contributed by atoms with Crippen LogP contribution < -0.4 is 5.32 Å². The first-order valence-electron chi connectivity index (χ1n) is 12.0. The molecular weight excluding hydrogens is 497 g/mol. The Hall–Kier alpha value is -4.25. The molecule has 4 heterocycles. The van der Waals surface area contributed by atoms with E-state index in [1.165, 1.54) is 0 Å². The maximum absolute atomic E-state index is 10.6. The van der Waals surface area contributed by atoms with E-state index in [9.17, 15) is 13.2 Å². The van der Waals surface area contributed by atoms with Crippen molar-refractivity contribution in [2.45, 2.75) is 25.1 Å². The highest BCUT2D eigenvalue weighted by molar-refractivity contribution is 5.73. The Kier molecular flexibility index (Phi) is 8.37. The molecule has 0 amide bonds. The van der Waals surface area contributed by atoms with E-state index in [0.29, 0.717) is 6.04 Å². The first kappa shape index (κ1) is 26.8. The number of imidazole rings is 1. The predicted octanol–water partition coefficient (Wildman–Crippen LogP) is 5.34. The maximum atomic E-state index is 10.6. The number of hydrogen-bond acceptors (Lipinski definition) is 6. The number of aromatic nitrogens is 4. The van der Waals surface area contributed by atoms with Crippen LogP contribution in [0, 0.1) is 0 Å². The molecule has 1 aliphatic rings. The van der Waals surface area contributed by atoms with E-state index in [4.69, 9.17) is 9.90 Å². The quantitative estimate of drug-likeness (QED) is 0.324. The Balaban J connectivity index is 0.000000426. The maximum Gasteiger partial charge on any atom is 0.490 e. The number of nitrogens with one attached hydrogen (secondary N) is 2. The van der Waals surface area contributed by atoms with Gasteiger partial charge in [0, 0.05) is 30.2 Å². The van der Waals surface area contributed by atoms with Crippen LogP contribution in [-0.2, 0) is 4.79 Å². The third-order valence-electron chi connectivity index (χ3n) is 6.07. The van der Waals surface area contributed by atoms with Crippen LogP contribution in [0.2, 0.25) is 0 Å². The van der Waals surface area contributed by atoms with Crippen molar-refractivity contribution in [1.82, 2.24) is 24.8 Å². The molecule has 0 saturated carbocycles. The van der Waals surface area contributed by atoms with Crippen LogP contribution in [0.5, 0.6) is 0 Å². The van der Waals surface area contributed by atoms with Gasteiger partial charge in [-0.05, 0) is 62.3 Å². The Morgan fingerprint density at radius 2 is 1.71 bits per heavy atom. The number of carboxylic acids is 1. The molecule has 1 fully saturated rings. The number of anilines is 1. The predicted molar refractivity (Wildman–Crippen MR) is 138 cm³/mol. The summed E-state index contributed by atoms with van der Waals surface area (Å²) in [5.41, 5.74) is 6.10. The number of carbonyl (C=O) groups is 1. The van der Waals surface area contributed by atoms with Crippen molar-refractivity contribution in [3.8, 4) is 33.9 Å². The number of likely N-dealkylation sites (tertiary alicyclic amines) is 1. The van der Waals surface area contributed by atoms with Crippen LogP contribution in [0.1, 0.15) is 12.8 Å². The number of hydrogen-bond donors (Lipinski definition) is 3. The minimum absolute atomic E-state index is 0.501. The van der Waals surface area contributed by atoms with Gasteiger partial charge in [-0.15, -0.1) is 0 Å². The molecule has 0 radical (unpaired) electrons. The summed E-state index contributed by atoms with van der Waals surface area (Å²) in [6.07, 6.45) is 4.71. The molecule has 0 unspecified atom stereocenters. The first-order valence-corrected chi connectivity index (χ1v) is 12.0. The standard InChI is InChI=1S/C25H26N6.C2HF3O2/c1-31-11-8-21(9-12-31)29-22-13-20(15-26-16-22)19-7-10-27-23(14-19)25-28-17-24(30-25)18-5-3-2-4-6-18;3-2(4,5)1(6)7/h2-7,10,13-17,21,29H,8-9,11-12H2,1H3,(H,28,30);(H,6,7). The van der Waals surface area contributed by atoms with Crippen molar-refractivity contribution in [1.29, 1.82) is 0 Å². The molecule has 1 aliphatic heterocycles. The van der Waals surface area contributed by atoms with Crippen molar-refractivity contribution in [3.63, 3.8) is 0 Å². The number of rotatable bonds is 5. The number of aromatic amines is 1. The molecule has 4 aromatic rings. The van der Waals surface area contributed by atoms with Gasteiger partial charge in [-0.2, -0.15) is 13.2 Å². The van der Waals surface area contributed by atoms with Gasteiger partial charge in [0.1, 0.15) is 5.69 Å². The molecule has 3 N–H and O–H groups in total. The van der Waals surface area contributed by atoms with Crippen LogP contribution >= 0.6 is 0 Å². The lowest BCUT2D eigenvalue weighted by atomic mass is 10.0. The third-order valence-corrected chi connectivity index (χ3v) is 6.07. The summed E-state index contributed by atoms with van der Waals surface area (Å²) in [5, 5.41) is 10.8. The average Bonchev–Trinajstić information content (AvgIpc) is 3.41. The highest BCUT2D eigenvalue weighted by Crippen LogP contribution is 2.27. The third kappa shape index (κ3) is 7.16. The largest absolute Gasteiger partial charge is 0.490 e. The summed E-state index contributed by atoms with van der Waals surface area (Å²) in [7, 11) is 2.18. The summed E-state index contributed by atoms with van der Waals surface area (Å²) in [6, 6.07) is 16.9. The first-order chi connectivity index (χ1) is 18.2. The van der Waals surface area contributed by atoms with Gasteiger partial charge in [-0.25, -0.2) is 9.78 Å². The normalized spacial score (nSPS) is 14.4. The van der Waals surface area contributed by atoms with E-state index in [2.05, 4.69) is 61.5 Å². The molecular formula is C27H27F3N6O2. The molecule has 0 aliphatic carbocycles. The Labute approximate surface area is 217 Å². The number of H-pyrrole nitrogens is 1. The van der Waals surface area contributed by atoms with Gasteiger partial charge in [0.15, 0.2) is 5.82 Å². The lowest BCUT2D eigenvalue weighted by Gasteiger charge is -2.30. The second-order valence-corrected chi connectivity index (χ2v) is 8.93. The van der Waals surface area contributed by atoms with E-state index >= 15 is 0 Å². The molecule has 0 bridgehead atoms. The molecule has 11 heteroatoms. The van der Waals surface area contributed by atoms with Gasteiger partial charge < -0.3 is 20.3 Å². The molecule has 8 nitrogen and oxygen atoms in total. The van der Waals surface area contributed by atoms with Crippen LogP contribution in [-0.4, -0.2) is 68.3 Å². The second-order valence-electron chi connectivity index (χ2n) is 8.93. The van der Waals surface area contributed by atoms with Gasteiger partial charge in [0.25, 0.3) is 0 Å². The van der Waals surface area contributed by atoms with Gasteiger partial charge in [0.2, 0.25) is 0 Å². The van der Waals surface area contributed by atoms with Gasteiger partial charge in [-0.1, -0.05) is 30.3 Å². The van der Waals surface area contributed by atoms with Crippen molar-refractivity contribution in [2.75, 3.05) is 25.5 Å². The number of benzene rings is 1. The topological polar surface area (TPSA) is 107 Å². The van der Waals surface area contributed by atoms with Crippen LogP contribution in [0.25, 0.3) is 33.9 Å². The zero-order chi connectivity index (χ0) is 27.1. The van der Waals surface area contributed by atoms with Gasteiger partial charge >= 0.3 is 12.1 Å². The summed E-state index contributed by atoms with van der Waals surface area (Å²) in [5.74, 6) is -2.00. The minimum atomic E-state index is -5.08. The number of carboxylic acid groups (broad SMARTS) is 1. The van der Waals surface area contributed by atoms with Crippen LogP contribution in [0.15, 0.2) is 73.3 Å². The number of halogens is 3. The van der Waals surface area contributed by atoms with E-state index in [-0.39, 0.29) is 0 Å². The van der Waals surface area contributed by atoms with E-state index < -0.39 is 12.1 Å². The Bertz CT molecular complexity index is 1350. The fraction of sp³-hybridized carbons (Fsp3) is 0.259. The monoisotopic (exact) mass is 524 g/mol. The molecule has 38 heavy (non-hydrogen) atoms. The number of piperidine rings is 1. The van der Waals surface area contributed by atoms with E-state index in [1.807, 2.05) is 49.1 Å². The molecule has 198 valence electrons. The zero-order valence-corrected chi connectivity index (χ0v) is 20.6. The van der Waals surface area contributed by atoms with Crippen LogP contribution in [0.3, 0.4) is 0 Å². The highest BCUT2D eigenvalue weighted by Gasteiger charge is 2.38. The number of pyridine rings is 2. The number of nitrogens with zero attached hydrogens (tertiary/aromatic N) is 4. The molecule has 1 aromatic carbocycles. The molecule has 0 atom stereocenters. The lowest BCUT2D eigenvalue weighted by molar-refractivity contribution is -0.192. The summed E-state index contributed by atoms with van der Waals surface area (Å²) in [4.78, 5) is 28.2. The number of aliphatic carboxylic acids is 1. The average molecular weight is 525 g/mol. The fourth-order valence-corrected chi connectivity index (χ4v) is 4.02. The summed E-state index contributed by atoms with van der Waals surface area (Å²) in [6.45, 7) is 2.26. The number of alkyl halides is 3. The molecule has 1 saturated heterocycles. The molecule has 0 spiro atoms. The van der Waals surface area contributed by atoms with E-state index in [0.717, 1.165) is 65.5 Å². The fourth-order valence-electron chi connectivity index (χ4n) is 4.02. The van der Waals surface area contributed by atoms with Gasteiger partial charge in [-0.3, -0.25) is 9.97 Å². The molecule has 3 aromatic heterocycles. The van der Waals surface area contributed by atoms with Crippen molar-refractivity contribution in [3.05, 3.63) is 73.3 Å². The lowest BCUT2D eigenvalue weighted by Crippen LogP contribution is -2.36. The van der Waals surface area contributed by atoms with Crippen molar-refractivity contribution in [2.24, 2.45) is 0 Å². The smallest absolute Gasteiger partial charge is 0.475 e. The Morgan fingerprint density at radius 3 is 2.39 bits per heavy atom. The zero-order valence-electron chi connectivity index (χ0n) is 20.6. The van der Waals surface area contributed by atoms with Crippen LogP contribution in [0.4, 0.5) is 18.9 Å². The highest BCUT2D eigenvalue weighted by atomic mass is 19.4. The second kappa shape index (κ2) is 11.9. The Morgan fingerprint density at radius 1 is 1.00 bits per heavy atom. The molecule has 5 rings (SSSR count). The van der Waals surface area contributed by atoms with Crippen molar-refractivity contribution >= 4 is 11.7 Å². The van der Waals surface area contributed by atoms with Crippen molar-refractivity contribution < 1.29 is 23.1 Å². The summed E-state index contributed by atoms with van der Waals surface area (Å²) < 4.78 is 31.7. The SMILES string of the molecule is CN1CCC(Nc2cncc(-c3ccnc(-c4ncc(-c5ccccc5)[nH]4)c3)c2)CC1.O=C(O)C(F)(F)F. The van der Waals surface area contributed by atoms with E-state index in [1.54, 1.807) is 0 Å². The van der Waals surface area contributed by atoms with Gasteiger partial charge in [0.05, 0.1) is 17.6 Å². The minimum Gasteiger partial charge on any atom is -0.475 e.